The Morgan fingerprint density at radius 1 is 0.944 bits per heavy atom. The molecule has 2 aliphatic carbocycles. The summed E-state index contributed by atoms with van der Waals surface area (Å²) in [6.45, 7) is 14.7. The van der Waals surface area contributed by atoms with Crippen LogP contribution < -0.4 is 0 Å². The van der Waals surface area contributed by atoms with E-state index in [0.29, 0.717) is 16.7 Å². The van der Waals surface area contributed by atoms with Gasteiger partial charge in [0.25, 0.3) is 0 Å². The van der Waals surface area contributed by atoms with Crippen LogP contribution in [0.2, 0.25) is 0 Å². The maximum atomic E-state index is 5.95. The van der Waals surface area contributed by atoms with Crippen molar-refractivity contribution in [3.05, 3.63) is 0 Å². The Morgan fingerprint density at radius 2 is 1.56 bits per heavy atom. The van der Waals surface area contributed by atoms with Crippen molar-refractivity contribution < 1.29 is 4.74 Å². The predicted octanol–water partition coefficient (Wildman–Crippen LogP) is 4.90. The van der Waals surface area contributed by atoms with E-state index >= 15 is 0 Å². The minimum atomic E-state index is 0.0522. The third kappa shape index (κ3) is 1.77. The Hall–Kier alpha value is -0.0400. The molecule has 2 fully saturated rings. The molecular weight excluding hydrogens is 220 g/mol. The van der Waals surface area contributed by atoms with Crippen molar-refractivity contribution in [3.63, 3.8) is 0 Å². The Balaban J connectivity index is 2.43. The molecule has 2 aliphatic rings. The van der Waals surface area contributed by atoms with Crippen LogP contribution in [0.15, 0.2) is 0 Å². The summed E-state index contributed by atoms with van der Waals surface area (Å²) in [6, 6.07) is 0. The molecule has 18 heavy (non-hydrogen) atoms. The van der Waals surface area contributed by atoms with Crippen LogP contribution in [0.3, 0.4) is 0 Å². The first-order valence-electron chi connectivity index (χ1n) is 7.73. The SMILES string of the molecule is CO[C@]1(C)CC[C@@]2(C)C(CC[C@H]2C)C(C)(C)[C@H]1C. The average molecular weight is 252 g/mol. The van der Waals surface area contributed by atoms with Crippen LogP contribution in [0.1, 0.15) is 67.2 Å². The Kier molecular flexibility index (Phi) is 3.38. The second-order valence-corrected chi connectivity index (χ2v) is 8.10. The van der Waals surface area contributed by atoms with Crippen molar-refractivity contribution in [2.75, 3.05) is 7.11 Å². The van der Waals surface area contributed by atoms with Gasteiger partial charge in [0.05, 0.1) is 5.60 Å². The molecule has 0 spiro atoms. The van der Waals surface area contributed by atoms with E-state index < -0.39 is 0 Å². The first kappa shape index (κ1) is 14.4. The highest BCUT2D eigenvalue weighted by Crippen LogP contribution is 2.63. The van der Waals surface area contributed by atoms with E-state index in [2.05, 4.69) is 41.5 Å². The molecule has 0 aliphatic heterocycles. The summed E-state index contributed by atoms with van der Waals surface area (Å²) in [7, 11) is 1.90. The molecule has 0 radical (unpaired) electrons. The van der Waals surface area contributed by atoms with Crippen molar-refractivity contribution in [1.29, 1.82) is 0 Å². The zero-order chi connectivity index (χ0) is 13.8. The van der Waals surface area contributed by atoms with Crippen LogP contribution in [-0.4, -0.2) is 12.7 Å². The maximum Gasteiger partial charge on any atom is 0.0681 e. The molecule has 1 nitrogen and oxygen atoms in total. The highest BCUT2D eigenvalue weighted by Gasteiger charge is 2.57. The van der Waals surface area contributed by atoms with Gasteiger partial charge in [0, 0.05) is 7.11 Å². The molecular formula is C17H32O. The fraction of sp³-hybridized carbons (Fsp3) is 1.00. The third-order valence-electron chi connectivity index (χ3n) is 7.37. The maximum absolute atomic E-state index is 5.95. The van der Waals surface area contributed by atoms with E-state index in [1.165, 1.54) is 25.7 Å². The quantitative estimate of drug-likeness (QED) is 0.645. The van der Waals surface area contributed by atoms with Gasteiger partial charge in [0.15, 0.2) is 0 Å². The standard InChI is InChI=1S/C17H32O/c1-12-8-9-14-15(3,4)13(2)17(6,18-7)11-10-16(12,14)5/h12-14H,8-11H2,1-7H3/t12-,13-,14?,16-,17-/m1/s1. The van der Waals surface area contributed by atoms with Gasteiger partial charge < -0.3 is 4.74 Å². The molecule has 0 aromatic carbocycles. The van der Waals surface area contributed by atoms with Crippen LogP contribution >= 0.6 is 0 Å². The largest absolute Gasteiger partial charge is 0.378 e. The Labute approximate surface area is 114 Å². The molecule has 0 bridgehead atoms. The number of ether oxygens (including phenoxy) is 1. The predicted molar refractivity (Wildman–Crippen MR) is 77.6 cm³/mol. The molecule has 5 atom stereocenters. The minimum absolute atomic E-state index is 0.0522. The topological polar surface area (TPSA) is 9.23 Å². The first-order chi connectivity index (χ1) is 8.18. The van der Waals surface area contributed by atoms with Gasteiger partial charge in [-0.25, -0.2) is 0 Å². The molecule has 1 unspecified atom stereocenters. The second kappa shape index (κ2) is 4.23. The van der Waals surface area contributed by atoms with E-state index in [1.54, 1.807) is 0 Å². The lowest BCUT2D eigenvalue weighted by Crippen LogP contribution is -2.45. The van der Waals surface area contributed by atoms with E-state index in [4.69, 9.17) is 4.74 Å². The number of fused-ring (bicyclic) bond motifs is 1. The van der Waals surface area contributed by atoms with Crippen LogP contribution in [0.4, 0.5) is 0 Å². The molecule has 2 rings (SSSR count). The van der Waals surface area contributed by atoms with Crippen molar-refractivity contribution in [2.45, 2.75) is 72.8 Å². The summed E-state index contributed by atoms with van der Waals surface area (Å²) in [6.07, 6.45) is 5.37. The van der Waals surface area contributed by atoms with Crippen molar-refractivity contribution in [3.8, 4) is 0 Å². The molecule has 0 heterocycles. The highest BCUT2D eigenvalue weighted by atomic mass is 16.5. The highest BCUT2D eigenvalue weighted by molar-refractivity contribution is 5.07. The molecule has 106 valence electrons. The number of methoxy groups -OCH3 is 1. The summed E-state index contributed by atoms with van der Waals surface area (Å²) in [5.74, 6) is 2.34. The van der Waals surface area contributed by atoms with Crippen LogP contribution in [0, 0.1) is 28.6 Å². The molecule has 1 heteroatoms. The van der Waals surface area contributed by atoms with Gasteiger partial charge in [-0.2, -0.15) is 0 Å². The van der Waals surface area contributed by atoms with E-state index in [9.17, 15) is 0 Å². The molecule has 0 amide bonds. The summed E-state index contributed by atoms with van der Waals surface area (Å²) < 4.78 is 5.95. The zero-order valence-corrected chi connectivity index (χ0v) is 13.5. The van der Waals surface area contributed by atoms with Gasteiger partial charge in [0.2, 0.25) is 0 Å². The fourth-order valence-corrected chi connectivity index (χ4v) is 5.16. The number of hydrogen-bond donors (Lipinski definition) is 0. The van der Waals surface area contributed by atoms with Gasteiger partial charge in [-0.3, -0.25) is 0 Å². The van der Waals surface area contributed by atoms with Gasteiger partial charge in [-0.05, 0) is 61.2 Å². The molecule has 0 aromatic rings. The van der Waals surface area contributed by atoms with E-state index in [1.807, 2.05) is 7.11 Å². The smallest absolute Gasteiger partial charge is 0.0681 e. The Bertz CT molecular complexity index is 322. The van der Waals surface area contributed by atoms with Crippen molar-refractivity contribution in [2.24, 2.45) is 28.6 Å². The lowest BCUT2D eigenvalue weighted by molar-refractivity contribution is -0.0863. The first-order valence-corrected chi connectivity index (χ1v) is 7.73. The molecule has 0 aromatic heterocycles. The molecule has 0 saturated heterocycles. The monoisotopic (exact) mass is 252 g/mol. The van der Waals surface area contributed by atoms with Gasteiger partial charge in [-0.1, -0.05) is 34.6 Å². The lowest BCUT2D eigenvalue weighted by atomic mass is 9.59. The van der Waals surface area contributed by atoms with Gasteiger partial charge in [0.1, 0.15) is 0 Å². The summed E-state index contributed by atoms with van der Waals surface area (Å²) in [4.78, 5) is 0. The van der Waals surface area contributed by atoms with E-state index in [0.717, 1.165) is 11.8 Å². The molecule has 0 N–H and O–H groups in total. The van der Waals surface area contributed by atoms with Gasteiger partial charge >= 0.3 is 0 Å². The normalized spacial score (nSPS) is 51.8. The second-order valence-electron chi connectivity index (χ2n) is 8.10. The summed E-state index contributed by atoms with van der Waals surface area (Å²) in [5, 5.41) is 0. The average Bonchev–Trinajstić information content (AvgIpc) is 2.60. The molecule has 2 saturated carbocycles. The van der Waals surface area contributed by atoms with Crippen LogP contribution in [-0.2, 0) is 4.74 Å². The zero-order valence-electron chi connectivity index (χ0n) is 13.5. The lowest BCUT2D eigenvalue weighted by Gasteiger charge is -2.47. The third-order valence-corrected chi connectivity index (χ3v) is 7.37. The van der Waals surface area contributed by atoms with E-state index in [-0.39, 0.29) is 5.60 Å². The fourth-order valence-electron chi connectivity index (χ4n) is 5.16. The summed E-state index contributed by atoms with van der Waals surface area (Å²) >= 11 is 0. The number of rotatable bonds is 1. The van der Waals surface area contributed by atoms with Crippen molar-refractivity contribution >= 4 is 0 Å². The van der Waals surface area contributed by atoms with Crippen LogP contribution in [0.25, 0.3) is 0 Å². The van der Waals surface area contributed by atoms with Gasteiger partial charge in [-0.15, -0.1) is 0 Å². The minimum Gasteiger partial charge on any atom is -0.378 e. The van der Waals surface area contributed by atoms with Crippen molar-refractivity contribution in [1.82, 2.24) is 0 Å². The number of hydrogen-bond acceptors (Lipinski definition) is 1. The van der Waals surface area contributed by atoms with Crippen LogP contribution in [0.5, 0.6) is 0 Å². The Morgan fingerprint density at radius 3 is 2.11 bits per heavy atom. The summed E-state index contributed by atoms with van der Waals surface area (Å²) in [5.41, 5.74) is 0.950.